The van der Waals surface area contributed by atoms with Crippen molar-refractivity contribution in [1.29, 1.82) is 0 Å². The van der Waals surface area contributed by atoms with E-state index in [0.717, 1.165) is 28.9 Å². The molecule has 1 atom stereocenters. The lowest BCUT2D eigenvalue weighted by molar-refractivity contribution is 0.0981. The number of rotatable bonds is 6. The average molecular weight is 524 g/mol. The van der Waals surface area contributed by atoms with E-state index in [1.54, 1.807) is 19.2 Å². The van der Waals surface area contributed by atoms with E-state index < -0.39 is 15.9 Å². The van der Waals surface area contributed by atoms with E-state index in [0.29, 0.717) is 24.0 Å². The summed E-state index contributed by atoms with van der Waals surface area (Å²) in [6, 6.07) is 9.97. The van der Waals surface area contributed by atoms with Gasteiger partial charge >= 0.3 is 0 Å². The first-order chi connectivity index (χ1) is 17.4. The molecule has 3 N–H and O–H groups in total. The standard InChI is InChI=1S/C27H33N5O4S/c1-16-14-27(4,5)32(15-16)25-20(26(33)31-37(34,35)23-8-7-13-29-24(23)28)9-11-21(30-25)19-10-12-22(36-6)18(3)17(19)2/h7-13,16H,14-15H2,1-6H3,(H2,28,29)(H,31,33)/t16-/m0/s1. The minimum atomic E-state index is -4.25. The van der Waals surface area contributed by atoms with Crippen LogP contribution in [0.4, 0.5) is 11.6 Å². The Morgan fingerprint density at radius 3 is 2.51 bits per heavy atom. The molecule has 0 aliphatic carbocycles. The maximum absolute atomic E-state index is 13.4. The number of hydrogen-bond donors (Lipinski definition) is 2. The SMILES string of the molecule is COc1ccc(-c2ccc(C(=O)NS(=O)(=O)c3cccnc3N)c(N3C[C@@H](C)CC3(C)C)n2)c(C)c1C. The van der Waals surface area contributed by atoms with Crippen LogP contribution < -0.4 is 20.1 Å². The first kappa shape index (κ1) is 26.4. The fraction of sp³-hybridized carbons (Fsp3) is 0.370. The highest BCUT2D eigenvalue weighted by Crippen LogP contribution is 2.39. The van der Waals surface area contributed by atoms with Gasteiger partial charge in [0.25, 0.3) is 15.9 Å². The van der Waals surface area contributed by atoms with Crippen LogP contribution in [0.1, 0.15) is 48.7 Å². The second-order valence-corrected chi connectivity index (χ2v) is 11.8. The van der Waals surface area contributed by atoms with Crippen molar-refractivity contribution in [3.8, 4) is 17.0 Å². The lowest BCUT2D eigenvalue weighted by Gasteiger charge is -2.34. The van der Waals surface area contributed by atoms with E-state index in [1.807, 2.05) is 26.0 Å². The summed E-state index contributed by atoms with van der Waals surface area (Å²) in [5, 5.41) is 0. The molecule has 0 spiro atoms. The van der Waals surface area contributed by atoms with Gasteiger partial charge in [-0.2, -0.15) is 0 Å². The molecule has 2 aromatic heterocycles. The van der Waals surface area contributed by atoms with Crippen LogP contribution >= 0.6 is 0 Å². The van der Waals surface area contributed by atoms with E-state index in [9.17, 15) is 13.2 Å². The van der Waals surface area contributed by atoms with Gasteiger partial charge in [-0.1, -0.05) is 6.92 Å². The molecule has 3 heterocycles. The third kappa shape index (κ3) is 4.98. The topological polar surface area (TPSA) is 128 Å². The number of carbonyl (C=O) groups is 1. The Bertz CT molecular complexity index is 1470. The molecule has 9 nitrogen and oxygen atoms in total. The maximum Gasteiger partial charge on any atom is 0.268 e. The molecule has 37 heavy (non-hydrogen) atoms. The Hall–Kier alpha value is -3.66. The molecule has 0 unspecified atom stereocenters. The number of nitrogens with two attached hydrogens (primary N) is 1. The van der Waals surface area contributed by atoms with Gasteiger partial charge in [0.05, 0.1) is 18.4 Å². The number of carbonyl (C=O) groups excluding carboxylic acids is 1. The minimum absolute atomic E-state index is 0.167. The van der Waals surface area contributed by atoms with Crippen molar-refractivity contribution in [2.45, 2.75) is 51.5 Å². The van der Waals surface area contributed by atoms with Gasteiger partial charge in [-0.25, -0.2) is 23.1 Å². The van der Waals surface area contributed by atoms with Gasteiger partial charge in [-0.15, -0.1) is 0 Å². The Balaban J connectivity index is 1.82. The quantitative estimate of drug-likeness (QED) is 0.494. The van der Waals surface area contributed by atoms with E-state index in [1.165, 1.54) is 18.3 Å². The summed E-state index contributed by atoms with van der Waals surface area (Å²) < 4.78 is 33.6. The minimum Gasteiger partial charge on any atom is -0.496 e. The van der Waals surface area contributed by atoms with Crippen LogP contribution in [0.5, 0.6) is 5.75 Å². The van der Waals surface area contributed by atoms with Crippen molar-refractivity contribution in [3.63, 3.8) is 0 Å². The van der Waals surface area contributed by atoms with Crippen LogP contribution in [-0.2, 0) is 10.0 Å². The van der Waals surface area contributed by atoms with Crippen molar-refractivity contribution in [3.05, 3.63) is 59.3 Å². The van der Waals surface area contributed by atoms with Crippen LogP contribution in [0.3, 0.4) is 0 Å². The molecule has 3 aromatic rings. The summed E-state index contributed by atoms with van der Waals surface area (Å²) in [5.41, 5.74) is 9.26. The first-order valence-electron chi connectivity index (χ1n) is 12.1. The molecule has 0 bridgehead atoms. The number of ether oxygens (including phenoxy) is 1. The number of aromatic nitrogens is 2. The van der Waals surface area contributed by atoms with Crippen molar-refractivity contribution < 1.29 is 17.9 Å². The van der Waals surface area contributed by atoms with Crippen molar-refractivity contribution in [2.24, 2.45) is 5.92 Å². The van der Waals surface area contributed by atoms with Crippen LogP contribution in [0.2, 0.25) is 0 Å². The molecule has 196 valence electrons. The molecule has 4 rings (SSSR count). The van der Waals surface area contributed by atoms with E-state index in [4.69, 9.17) is 15.5 Å². The molecule has 10 heteroatoms. The number of nitrogens with zero attached hydrogens (tertiary/aromatic N) is 3. The molecule has 0 radical (unpaired) electrons. The predicted octanol–water partition coefficient (Wildman–Crippen LogP) is 4.09. The van der Waals surface area contributed by atoms with Gasteiger partial charge < -0.3 is 15.4 Å². The Kier molecular flexibility index (Phi) is 6.89. The molecule has 1 aliphatic heterocycles. The van der Waals surface area contributed by atoms with Crippen molar-refractivity contribution >= 4 is 27.6 Å². The number of sulfonamides is 1. The summed E-state index contributed by atoms with van der Waals surface area (Å²) in [6.45, 7) is 11.0. The second-order valence-electron chi connectivity index (χ2n) is 10.2. The number of pyridine rings is 2. The van der Waals surface area contributed by atoms with Crippen molar-refractivity contribution in [2.75, 3.05) is 24.3 Å². The summed E-state index contributed by atoms with van der Waals surface area (Å²) in [7, 11) is -2.61. The van der Waals surface area contributed by atoms with Gasteiger partial charge in [0, 0.05) is 23.8 Å². The number of amides is 1. The van der Waals surface area contributed by atoms with Gasteiger partial charge in [0.15, 0.2) is 0 Å². The second kappa shape index (κ2) is 9.66. The Morgan fingerprint density at radius 1 is 1.16 bits per heavy atom. The maximum atomic E-state index is 13.4. The number of anilines is 2. The highest BCUT2D eigenvalue weighted by Gasteiger charge is 2.39. The normalized spacial score (nSPS) is 17.0. The van der Waals surface area contributed by atoms with Crippen LogP contribution in [-0.4, -0.2) is 43.5 Å². The number of nitrogen functional groups attached to an aromatic ring is 1. The van der Waals surface area contributed by atoms with E-state index >= 15 is 0 Å². The summed E-state index contributed by atoms with van der Waals surface area (Å²) in [4.78, 5) is 24.0. The molecule has 1 saturated heterocycles. The third-order valence-electron chi connectivity index (χ3n) is 7.00. The number of methoxy groups -OCH3 is 1. The summed E-state index contributed by atoms with van der Waals surface area (Å²) >= 11 is 0. The molecule has 1 aliphatic rings. The van der Waals surface area contributed by atoms with Gasteiger partial charge in [0.2, 0.25) is 0 Å². The third-order valence-corrected chi connectivity index (χ3v) is 8.38. The van der Waals surface area contributed by atoms with Gasteiger partial charge in [-0.3, -0.25) is 4.79 Å². The highest BCUT2D eigenvalue weighted by atomic mass is 32.2. The van der Waals surface area contributed by atoms with Gasteiger partial charge in [-0.05, 0) is 87.6 Å². The summed E-state index contributed by atoms with van der Waals surface area (Å²) in [6.07, 6.45) is 2.29. The number of benzene rings is 1. The lowest BCUT2D eigenvalue weighted by Crippen LogP contribution is -2.41. The molecule has 1 amide bonds. The predicted molar refractivity (Wildman–Crippen MR) is 144 cm³/mol. The van der Waals surface area contributed by atoms with E-state index in [-0.39, 0.29) is 21.8 Å². The fourth-order valence-electron chi connectivity index (χ4n) is 5.10. The zero-order valence-electron chi connectivity index (χ0n) is 22.0. The average Bonchev–Trinajstić information content (AvgIpc) is 3.11. The highest BCUT2D eigenvalue weighted by molar-refractivity contribution is 7.90. The Morgan fingerprint density at radius 2 is 1.89 bits per heavy atom. The summed E-state index contributed by atoms with van der Waals surface area (Å²) in [5.74, 6) is 0.630. The van der Waals surface area contributed by atoms with E-state index in [2.05, 4.69) is 35.4 Å². The molecular weight excluding hydrogens is 490 g/mol. The largest absolute Gasteiger partial charge is 0.496 e. The monoisotopic (exact) mass is 523 g/mol. The molecule has 1 aromatic carbocycles. The van der Waals surface area contributed by atoms with Crippen LogP contribution in [0.15, 0.2) is 47.5 Å². The smallest absolute Gasteiger partial charge is 0.268 e. The fourth-order valence-corrected chi connectivity index (χ4v) is 6.15. The zero-order chi connectivity index (χ0) is 27.1. The lowest BCUT2D eigenvalue weighted by atomic mass is 9.97. The van der Waals surface area contributed by atoms with Crippen LogP contribution in [0, 0.1) is 19.8 Å². The Labute approximate surface area is 218 Å². The zero-order valence-corrected chi connectivity index (χ0v) is 22.8. The van der Waals surface area contributed by atoms with Crippen LogP contribution in [0.25, 0.3) is 11.3 Å². The molecule has 0 saturated carbocycles. The van der Waals surface area contributed by atoms with Gasteiger partial charge in [0.1, 0.15) is 22.3 Å². The first-order valence-corrected chi connectivity index (χ1v) is 13.5. The number of hydrogen-bond acceptors (Lipinski definition) is 8. The number of nitrogens with one attached hydrogen (secondary N) is 1. The molecular formula is C27H33N5O4S. The molecule has 1 fully saturated rings. The van der Waals surface area contributed by atoms with Crippen molar-refractivity contribution in [1.82, 2.24) is 14.7 Å².